The van der Waals surface area contributed by atoms with Crippen molar-refractivity contribution in [1.29, 1.82) is 0 Å². The zero-order valence-electron chi connectivity index (χ0n) is 17.9. The molecule has 1 aromatic heterocycles. The van der Waals surface area contributed by atoms with Crippen LogP contribution in [0.15, 0.2) is 53.9 Å². The van der Waals surface area contributed by atoms with E-state index in [9.17, 15) is 9.59 Å². The van der Waals surface area contributed by atoms with Crippen LogP contribution in [0.4, 0.5) is 4.79 Å². The van der Waals surface area contributed by atoms with Crippen molar-refractivity contribution in [3.05, 3.63) is 65.2 Å². The van der Waals surface area contributed by atoms with Crippen LogP contribution < -0.4 is 20.1 Å². The molecule has 0 aliphatic carbocycles. The Labute approximate surface area is 190 Å². The molecular weight excluding hydrogens is 430 g/mol. The summed E-state index contributed by atoms with van der Waals surface area (Å²) >= 11 is 1.44. The van der Waals surface area contributed by atoms with E-state index in [1.54, 1.807) is 7.11 Å². The standard InChI is InChI=1S/C23H25N3O5S/c1-3-30-19-10-9-17(11-20(19)29-2)22-26-18(15-32-22)14-31-21(27)13-25-23(28)24-12-16-7-5-4-6-8-16/h4-11,15H,3,12-14H2,1-2H3,(H2,24,25,28). The summed E-state index contributed by atoms with van der Waals surface area (Å²) in [5.41, 5.74) is 2.47. The number of ether oxygens (including phenoxy) is 3. The van der Waals surface area contributed by atoms with Crippen LogP contribution in [-0.4, -0.2) is 37.2 Å². The van der Waals surface area contributed by atoms with Crippen LogP contribution in [0.2, 0.25) is 0 Å². The van der Waals surface area contributed by atoms with Gasteiger partial charge in [-0.25, -0.2) is 9.78 Å². The highest BCUT2D eigenvalue weighted by molar-refractivity contribution is 7.13. The molecule has 2 aromatic carbocycles. The van der Waals surface area contributed by atoms with Gasteiger partial charge in [-0.3, -0.25) is 4.79 Å². The van der Waals surface area contributed by atoms with E-state index >= 15 is 0 Å². The Hall–Kier alpha value is -3.59. The van der Waals surface area contributed by atoms with E-state index in [4.69, 9.17) is 14.2 Å². The number of aromatic nitrogens is 1. The summed E-state index contributed by atoms with van der Waals surface area (Å²) in [5.74, 6) is 0.756. The number of nitrogens with zero attached hydrogens (tertiary/aromatic N) is 1. The predicted molar refractivity (Wildman–Crippen MR) is 122 cm³/mol. The molecule has 3 rings (SSSR count). The average molecular weight is 456 g/mol. The van der Waals surface area contributed by atoms with Crippen molar-refractivity contribution in [2.45, 2.75) is 20.1 Å². The number of carbonyl (C=O) groups is 2. The minimum absolute atomic E-state index is 0.0246. The molecule has 2 amide bonds. The molecule has 0 aliphatic rings. The molecule has 0 bridgehead atoms. The van der Waals surface area contributed by atoms with Crippen molar-refractivity contribution < 1.29 is 23.8 Å². The second kappa shape index (κ2) is 11.7. The van der Waals surface area contributed by atoms with Crippen LogP contribution in [0.5, 0.6) is 11.5 Å². The predicted octanol–water partition coefficient (Wildman–Crippen LogP) is 3.76. The Bertz CT molecular complexity index is 1040. The number of thiazole rings is 1. The van der Waals surface area contributed by atoms with Crippen LogP contribution >= 0.6 is 11.3 Å². The first-order valence-corrected chi connectivity index (χ1v) is 10.9. The quantitative estimate of drug-likeness (QED) is 0.452. The van der Waals surface area contributed by atoms with Crippen molar-refractivity contribution in [3.8, 4) is 22.1 Å². The highest BCUT2D eigenvalue weighted by Gasteiger charge is 2.12. The molecule has 32 heavy (non-hydrogen) atoms. The number of nitrogens with one attached hydrogen (secondary N) is 2. The maximum Gasteiger partial charge on any atom is 0.325 e. The second-order valence-electron chi connectivity index (χ2n) is 6.63. The maximum atomic E-state index is 11.9. The lowest BCUT2D eigenvalue weighted by Crippen LogP contribution is -2.38. The molecule has 168 valence electrons. The first-order valence-electron chi connectivity index (χ1n) is 10.1. The molecule has 0 unspecified atom stereocenters. The Morgan fingerprint density at radius 2 is 1.88 bits per heavy atom. The fourth-order valence-corrected chi connectivity index (χ4v) is 3.58. The van der Waals surface area contributed by atoms with Crippen molar-refractivity contribution in [3.63, 3.8) is 0 Å². The summed E-state index contributed by atoms with van der Waals surface area (Å²) in [6, 6.07) is 14.7. The third kappa shape index (κ3) is 6.71. The van der Waals surface area contributed by atoms with Gasteiger partial charge in [0.1, 0.15) is 18.2 Å². The first-order chi connectivity index (χ1) is 15.6. The molecular formula is C23H25N3O5S. The fraction of sp³-hybridized carbons (Fsp3) is 0.261. The fourth-order valence-electron chi connectivity index (χ4n) is 2.78. The summed E-state index contributed by atoms with van der Waals surface area (Å²) in [7, 11) is 1.59. The van der Waals surface area contributed by atoms with Crippen molar-refractivity contribution in [2.24, 2.45) is 0 Å². The minimum Gasteiger partial charge on any atom is -0.493 e. The van der Waals surface area contributed by atoms with Gasteiger partial charge in [0.2, 0.25) is 0 Å². The highest BCUT2D eigenvalue weighted by atomic mass is 32.1. The SMILES string of the molecule is CCOc1ccc(-c2nc(COC(=O)CNC(=O)NCc3ccccc3)cs2)cc1OC. The van der Waals surface area contributed by atoms with Gasteiger partial charge in [0.05, 0.1) is 19.4 Å². The molecule has 0 spiro atoms. The Balaban J connectivity index is 1.44. The van der Waals surface area contributed by atoms with E-state index in [-0.39, 0.29) is 13.2 Å². The smallest absolute Gasteiger partial charge is 0.325 e. The molecule has 0 saturated carbocycles. The van der Waals surface area contributed by atoms with Gasteiger partial charge in [0, 0.05) is 17.5 Å². The van der Waals surface area contributed by atoms with Gasteiger partial charge >= 0.3 is 12.0 Å². The lowest BCUT2D eigenvalue weighted by Gasteiger charge is -2.10. The number of carbonyl (C=O) groups excluding carboxylic acids is 2. The number of amides is 2. The monoisotopic (exact) mass is 455 g/mol. The molecule has 9 heteroatoms. The third-order valence-corrected chi connectivity index (χ3v) is 5.27. The molecule has 0 atom stereocenters. The Kier molecular flexibility index (Phi) is 8.44. The van der Waals surface area contributed by atoms with Crippen LogP contribution in [0.25, 0.3) is 10.6 Å². The van der Waals surface area contributed by atoms with Gasteiger partial charge in [-0.15, -0.1) is 11.3 Å². The number of rotatable bonds is 10. The zero-order chi connectivity index (χ0) is 22.8. The number of methoxy groups -OCH3 is 1. The largest absolute Gasteiger partial charge is 0.493 e. The van der Waals surface area contributed by atoms with E-state index < -0.39 is 12.0 Å². The van der Waals surface area contributed by atoms with Crippen LogP contribution in [-0.2, 0) is 22.7 Å². The van der Waals surface area contributed by atoms with E-state index in [1.807, 2.05) is 60.8 Å². The first kappa shape index (κ1) is 23.1. The molecule has 1 heterocycles. The lowest BCUT2D eigenvalue weighted by atomic mass is 10.2. The van der Waals surface area contributed by atoms with E-state index in [1.165, 1.54) is 11.3 Å². The zero-order valence-corrected chi connectivity index (χ0v) is 18.7. The normalized spacial score (nSPS) is 10.3. The topological polar surface area (TPSA) is 98.8 Å². The molecule has 2 N–H and O–H groups in total. The molecule has 0 saturated heterocycles. The van der Waals surface area contributed by atoms with Gasteiger partial charge in [0.25, 0.3) is 0 Å². The molecule has 0 aliphatic heterocycles. The minimum atomic E-state index is -0.544. The van der Waals surface area contributed by atoms with E-state index in [0.717, 1.165) is 16.1 Å². The Morgan fingerprint density at radius 3 is 2.62 bits per heavy atom. The second-order valence-corrected chi connectivity index (χ2v) is 7.48. The molecule has 3 aromatic rings. The van der Waals surface area contributed by atoms with Gasteiger partial charge in [-0.05, 0) is 30.7 Å². The highest BCUT2D eigenvalue weighted by Crippen LogP contribution is 2.33. The average Bonchev–Trinajstić information content (AvgIpc) is 3.30. The number of hydrogen-bond donors (Lipinski definition) is 2. The number of hydrogen-bond acceptors (Lipinski definition) is 7. The summed E-state index contributed by atoms with van der Waals surface area (Å²) in [4.78, 5) is 28.3. The number of esters is 1. The molecule has 0 radical (unpaired) electrons. The van der Waals surface area contributed by atoms with Crippen molar-refractivity contribution in [2.75, 3.05) is 20.3 Å². The van der Waals surface area contributed by atoms with Crippen LogP contribution in [0.1, 0.15) is 18.2 Å². The van der Waals surface area contributed by atoms with E-state index in [0.29, 0.717) is 30.3 Å². The van der Waals surface area contributed by atoms with Gasteiger partial charge in [0.15, 0.2) is 11.5 Å². The number of benzene rings is 2. The lowest BCUT2D eigenvalue weighted by molar-refractivity contribution is -0.143. The summed E-state index contributed by atoms with van der Waals surface area (Å²) < 4.78 is 16.1. The maximum absolute atomic E-state index is 11.9. The van der Waals surface area contributed by atoms with Gasteiger partial charge in [-0.1, -0.05) is 30.3 Å². The van der Waals surface area contributed by atoms with Crippen LogP contribution in [0.3, 0.4) is 0 Å². The van der Waals surface area contributed by atoms with Crippen molar-refractivity contribution >= 4 is 23.3 Å². The molecule has 0 fully saturated rings. The van der Waals surface area contributed by atoms with E-state index in [2.05, 4.69) is 15.6 Å². The van der Waals surface area contributed by atoms with Crippen LogP contribution in [0, 0.1) is 0 Å². The van der Waals surface area contributed by atoms with Crippen molar-refractivity contribution in [1.82, 2.24) is 15.6 Å². The summed E-state index contributed by atoms with van der Waals surface area (Å²) in [6.45, 7) is 2.63. The Morgan fingerprint density at radius 1 is 1.06 bits per heavy atom. The third-order valence-electron chi connectivity index (χ3n) is 4.33. The molecule has 8 nitrogen and oxygen atoms in total. The van der Waals surface area contributed by atoms with Gasteiger partial charge in [-0.2, -0.15) is 0 Å². The summed E-state index contributed by atoms with van der Waals surface area (Å²) in [5, 5.41) is 7.76. The number of urea groups is 1. The summed E-state index contributed by atoms with van der Waals surface area (Å²) in [6.07, 6.45) is 0. The van der Waals surface area contributed by atoms with Gasteiger partial charge < -0.3 is 24.8 Å².